The molecule has 4 atom stereocenters. The lowest BCUT2D eigenvalue weighted by Crippen LogP contribution is -2.51. The minimum absolute atomic E-state index is 0.0127. The molecule has 0 rings (SSSR count). The lowest BCUT2D eigenvalue weighted by atomic mass is 10.0. The Morgan fingerprint density at radius 3 is 1.23 bits per heavy atom. The average molecular weight is 1070 g/mol. The third kappa shape index (κ3) is 55.7. The van der Waals surface area contributed by atoms with Crippen molar-refractivity contribution in [2.75, 3.05) is 40.9 Å². The van der Waals surface area contributed by atoms with Crippen LogP contribution in [0, 0.1) is 0 Å². The molecule has 4 unspecified atom stereocenters. The first kappa shape index (κ1) is 72.1. The largest absolute Gasteiger partial charge is 0.472 e. The van der Waals surface area contributed by atoms with Crippen LogP contribution in [0.2, 0.25) is 0 Å². The van der Waals surface area contributed by atoms with E-state index in [1.54, 1.807) is 0 Å². The van der Waals surface area contributed by atoms with E-state index in [1.165, 1.54) is 116 Å². The topological polar surface area (TPSA) is 125 Å². The van der Waals surface area contributed by atoms with E-state index in [0.717, 1.165) is 89.9 Å². The van der Waals surface area contributed by atoms with Crippen molar-refractivity contribution in [3.05, 3.63) is 109 Å². The standard InChI is InChI=1S/C65H115N2O7P/c1-6-8-10-12-14-16-18-20-21-22-23-24-25-26-27-28-29-30-31-32-33-34-35-36-37-38-39-40-41-42-43-44-45-46-48-50-52-54-56-58-64(69)66-62(61-74-75(71,72)73-60-59-67(3,4)5)65(70)63(68)57-55-53-51-49-47-19-17-15-13-11-9-7-2/h8,10,14,16,20-21,23-24,26-27,29-30,32-33,35-36,49,51,62-63,65,68,70H,6-7,9,11-13,15,17-19,22,25,28,31,34,37-48,50,52-61H2,1-5H3,(H-,66,69,71,72)/p+1/b10-8-,16-14-,21-20-,24-23-,27-26-,30-29-,33-32-,36-35-,51-49+. The predicted molar refractivity (Wildman–Crippen MR) is 324 cm³/mol. The van der Waals surface area contributed by atoms with E-state index in [4.69, 9.17) is 9.05 Å². The molecule has 4 N–H and O–H groups in total. The highest BCUT2D eigenvalue weighted by molar-refractivity contribution is 7.47. The zero-order valence-electron chi connectivity index (χ0n) is 48.9. The van der Waals surface area contributed by atoms with Crippen molar-refractivity contribution in [3.63, 3.8) is 0 Å². The number of unbranched alkanes of at least 4 members (excludes halogenated alkanes) is 22. The van der Waals surface area contributed by atoms with Gasteiger partial charge in [-0.3, -0.25) is 13.8 Å². The van der Waals surface area contributed by atoms with Crippen LogP contribution in [0.15, 0.2) is 109 Å². The van der Waals surface area contributed by atoms with Crippen LogP contribution < -0.4 is 5.32 Å². The molecule has 0 aromatic rings. The molecule has 0 bridgehead atoms. The molecule has 0 aromatic heterocycles. The lowest BCUT2D eigenvalue weighted by molar-refractivity contribution is -0.870. The first-order chi connectivity index (χ1) is 36.4. The molecular formula is C65H116N2O7P+. The van der Waals surface area contributed by atoms with Gasteiger partial charge >= 0.3 is 7.82 Å². The van der Waals surface area contributed by atoms with Gasteiger partial charge in [-0.05, 0) is 103 Å². The first-order valence-electron chi connectivity index (χ1n) is 30.3. The quantitative estimate of drug-likeness (QED) is 0.0207. The number of hydrogen-bond donors (Lipinski definition) is 4. The van der Waals surface area contributed by atoms with Crippen molar-refractivity contribution in [2.24, 2.45) is 0 Å². The number of carbonyl (C=O) groups is 1. The molecule has 75 heavy (non-hydrogen) atoms. The highest BCUT2D eigenvalue weighted by atomic mass is 31.2. The second kappa shape index (κ2) is 54.5. The van der Waals surface area contributed by atoms with E-state index in [-0.39, 0.29) is 18.9 Å². The van der Waals surface area contributed by atoms with Gasteiger partial charge in [0.05, 0.1) is 39.9 Å². The summed E-state index contributed by atoms with van der Waals surface area (Å²) in [7, 11) is 1.41. The number of amides is 1. The van der Waals surface area contributed by atoms with Crippen LogP contribution in [0.5, 0.6) is 0 Å². The van der Waals surface area contributed by atoms with E-state index in [0.29, 0.717) is 23.9 Å². The van der Waals surface area contributed by atoms with Gasteiger partial charge in [0.1, 0.15) is 19.3 Å². The third-order valence-corrected chi connectivity index (χ3v) is 14.1. The maximum atomic E-state index is 13.0. The second-order valence-corrected chi connectivity index (χ2v) is 22.9. The number of phosphoric ester groups is 1. The van der Waals surface area contributed by atoms with Gasteiger partial charge in [0, 0.05) is 6.42 Å². The second-order valence-electron chi connectivity index (χ2n) is 21.5. The van der Waals surface area contributed by atoms with Crippen LogP contribution in [-0.2, 0) is 18.4 Å². The van der Waals surface area contributed by atoms with E-state index in [9.17, 15) is 24.5 Å². The molecule has 432 valence electrons. The molecule has 0 aliphatic rings. The Labute approximate surface area is 462 Å². The Morgan fingerprint density at radius 1 is 0.480 bits per heavy atom. The Balaban J connectivity index is 4.09. The summed E-state index contributed by atoms with van der Waals surface area (Å²) in [5, 5.41) is 24.8. The van der Waals surface area contributed by atoms with Crippen molar-refractivity contribution in [3.8, 4) is 0 Å². The van der Waals surface area contributed by atoms with Crippen molar-refractivity contribution in [2.45, 2.75) is 257 Å². The van der Waals surface area contributed by atoms with Crippen LogP contribution in [0.1, 0.15) is 239 Å². The van der Waals surface area contributed by atoms with E-state index in [1.807, 2.05) is 21.1 Å². The molecule has 0 spiro atoms. The molecular weight excluding hydrogens is 952 g/mol. The van der Waals surface area contributed by atoms with Gasteiger partial charge in [-0.2, -0.15) is 0 Å². The Morgan fingerprint density at radius 2 is 0.827 bits per heavy atom. The summed E-state index contributed by atoms with van der Waals surface area (Å²) in [6.07, 6.45) is 76.2. The van der Waals surface area contributed by atoms with Crippen LogP contribution >= 0.6 is 7.82 Å². The molecule has 0 fully saturated rings. The maximum absolute atomic E-state index is 13.0. The number of rotatable bonds is 54. The van der Waals surface area contributed by atoms with E-state index >= 15 is 0 Å². The Hall–Kier alpha value is -2.88. The number of nitrogens with zero attached hydrogens (tertiary/aromatic N) is 1. The molecule has 0 aromatic carbocycles. The molecule has 0 saturated carbocycles. The van der Waals surface area contributed by atoms with Gasteiger partial charge in [0.15, 0.2) is 0 Å². The van der Waals surface area contributed by atoms with Crippen molar-refractivity contribution in [1.29, 1.82) is 0 Å². The Kier molecular flexibility index (Phi) is 52.4. The zero-order valence-corrected chi connectivity index (χ0v) is 49.8. The van der Waals surface area contributed by atoms with Gasteiger partial charge in [-0.1, -0.05) is 239 Å². The monoisotopic (exact) mass is 1070 g/mol. The van der Waals surface area contributed by atoms with Crippen molar-refractivity contribution >= 4 is 13.7 Å². The van der Waals surface area contributed by atoms with E-state index in [2.05, 4.69) is 129 Å². The molecule has 0 aliphatic heterocycles. The number of nitrogens with one attached hydrogen (secondary N) is 1. The summed E-state index contributed by atoms with van der Waals surface area (Å²) in [5.74, 6) is -0.272. The number of allylic oxidation sites excluding steroid dienone is 18. The van der Waals surface area contributed by atoms with Gasteiger partial charge in [0.25, 0.3) is 0 Å². The van der Waals surface area contributed by atoms with Crippen LogP contribution in [0.25, 0.3) is 0 Å². The summed E-state index contributed by atoms with van der Waals surface area (Å²) >= 11 is 0. The molecule has 0 radical (unpaired) electrons. The van der Waals surface area contributed by atoms with Gasteiger partial charge in [-0.15, -0.1) is 0 Å². The summed E-state index contributed by atoms with van der Waals surface area (Å²) in [5.41, 5.74) is 0. The normalized spacial score (nSPS) is 15.0. The minimum Gasteiger partial charge on any atom is -0.390 e. The Bertz CT molecular complexity index is 1610. The maximum Gasteiger partial charge on any atom is 0.472 e. The molecule has 0 aliphatic carbocycles. The summed E-state index contributed by atoms with van der Waals surface area (Å²) in [6.45, 7) is 4.46. The van der Waals surface area contributed by atoms with Crippen molar-refractivity contribution in [1.82, 2.24) is 5.32 Å². The number of hydrogen-bond acceptors (Lipinski definition) is 6. The number of likely N-dealkylation sites (N-methyl/N-ethyl adjacent to an activating group) is 1. The number of quaternary nitrogens is 1. The summed E-state index contributed by atoms with van der Waals surface area (Å²) in [6, 6.07) is -1.06. The molecule has 1 amide bonds. The number of phosphoric acid groups is 1. The minimum atomic E-state index is -4.43. The number of carbonyl (C=O) groups excluding carboxylic acids is 1. The fourth-order valence-corrected chi connectivity index (χ4v) is 9.07. The van der Waals surface area contributed by atoms with Gasteiger partial charge < -0.3 is 24.9 Å². The van der Waals surface area contributed by atoms with E-state index < -0.39 is 32.7 Å². The smallest absolute Gasteiger partial charge is 0.390 e. The molecule has 0 heterocycles. The van der Waals surface area contributed by atoms with Crippen molar-refractivity contribution < 1.29 is 38.0 Å². The fraction of sp³-hybridized carbons (Fsp3) is 0.708. The first-order valence-corrected chi connectivity index (χ1v) is 31.8. The highest BCUT2D eigenvalue weighted by Gasteiger charge is 2.31. The molecule has 0 saturated heterocycles. The average Bonchev–Trinajstić information content (AvgIpc) is 3.37. The third-order valence-electron chi connectivity index (χ3n) is 13.1. The molecule has 10 heteroatoms. The predicted octanol–water partition coefficient (Wildman–Crippen LogP) is 17.7. The number of aliphatic hydroxyl groups excluding tert-OH is 2. The zero-order chi connectivity index (χ0) is 55.0. The summed E-state index contributed by atoms with van der Waals surface area (Å²) < 4.78 is 23.6. The fourth-order valence-electron chi connectivity index (χ4n) is 8.34. The van der Waals surface area contributed by atoms with Crippen LogP contribution in [-0.4, -0.2) is 84.6 Å². The van der Waals surface area contributed by atoms with Gasteiger partial charge in [-0.25, -0.2) is 4.57 Å². The molecule has 9 nitrogen and oxygen atoms in total. The van der Waals surface area contributed by atoms with Crippen LogP contribution in [0.3, 0.4) is 0 Å². The number of aliphatic hydroxyl groups is 2. The highest BCUT2D eigenvalue weighted by Crippen LogP contribution is 2.43. The lowest BCUT2D eigenvalue weighted by Gasteiger charge is -2.28. The SMILES string of the molecule is CC/C=C\C/C=C\C/C=C\C/C=C\C/C=C\C/C=C\C/C=C\C/C=C\CCCCCCCCCCCCCCCCC(=O)NC(COP(=O)(O)OCC[N+](C)(C)C)C(O)C(O)CCC/C=C/CCCCCCCCC. The summed E-state index contributed by atoms with van der Waals surface area (Å²) in [4.78, 5) is 23.3. The van der Waals surface area contributed by atoms with Gasteiger partial charge in [0.2, 0.25) is 5.91 Å². The van der Waals surface area contributed by atoms with Crippen LogP contribution in [0.4, 0.5) is 0 Å².